The van der Waals surface area contributed by atoms with Crippen molar-refractivity contribution in [3.8, 4) is 0 Å². The van der Waals surface area contributed by atoms with E-state index in [4.69, 9.17) is 0 Å². The van der Waals surface area contributed by atoms with Gasteiger partial charge in [0.15, 0.2) is 0 Å². The molecule has 0 spiro atoms. The van der Waals surface area contributed by atoms with Crippen LogP contribution >= 0.6 is 0 Å². The highest BCUT2D eigenvalue weighted by atomic mass is 16.1. The van der Waals surface area contributed by atoms with E-state index in [-0.39, 0.29) is 11.1 Å². The van der Waals surface area contributed by atoms with E-state index in [9.17, 15) is 9.59 Å². The highest BCUT2D eigenvalue weighted by Gasteiger charge is 2.20. The number of carbonyl (C=O) groups is 2. The van der Waals surface area contributed by atoms with E-state index in [1.165, 1.54) is 0 Å². The van der Waals surface area contributed by atoms with Crippen molar-refractivity contribution in [2.45, 2.75) is 6.92 Å². The van der Waals surface area contributed by atoms with Gasteiger partial charge in [0.1, 0.15) is 0 Å². The summed E-state index contributed by atoms with van der Waals surface area (Å²) in [4.78, 5) is 28.9. The Morgan fingerprint density at radius 2 is 1.50 bits per heavy atom. The van der Waals surface area contributed by atoms with Gasteiger partial charge in [-0.25, -0.2) is 9.98 Å². The van der Waals surface area contributed by atoms with E-state index in [1.807, 2.05) is 0 Å². The Labute approximate surface area is 94.8 Å². The van der Waals surface area contributed by atoms with Crippen LogP contribution in [0.25, 0.3) is 0 Å². The minimum Gasteiger partial charge on any atom is -0.272 e. The lowest BCUT2D eigenvalue weighted by molar-refractivity contribution is -0.120. The molecule has 0 bridgehead atoms. The summed E-state index contributed by atoms with van der Waals surface area (Å²) in [6, 6.07) is 0. The Balaban J connectivity index is 4.88. The summed E-state index contributed by atoms with van der Waals surface area (Å²) in [6.45, 7) is 18.7. The van der Waals surface area contributed by atoms with Gasteiger partial charge in [-0.3, -0.25) is 9.59 Å². The molecule has 0 radical (unpaired) electrons. The average molecular weight is 218 g/mol. The molecule has 84 valence electrons. The lowest BCUT2D eigenvalue weighted by Gasteiger charge is -2.13. The number of carbonyl (C=O) groups excluding carboxylic acids is 2. The lowest BCUT2D eigenvalue weighted by atomic mass is 9.91. The molecule has 0 aliphatic rings. The van der Waals surface area contributed by atoms with Crippen LogP contribution in [-0.2, 0) is 9.59 Å². The van der Waals surface area contributed by atoms with Crippen LogP contribution in [0.1, 0.15) is 6.92 Å². The molecule has 2 amide bonds. The highest BCUT2D eigenvalue weighted by molar-refractivity contribution is 6.01. The minimum absolute atomic E-state index is 0.0729. The summed E-state index contributed by atoms with van der Waals surface area (Å²) < 4.78 is 0. The van der Waals surface area contributed by atoms with Crippen molar-refractivity contribution in [2.75, 3.05) is 0 Å². The van der Waals surface area contributed by atoms with Gasteiger partial charge in [-0.2, -0.15) is 0 Å². The van der Waals surface area contributed by atoms with E-state index in [0.717, 1.165) is 0 Å². The molecule has 0 aliphatic carbocycles. The molecule has 16 heavy (non-hydrogen) atoms. The number of amides is 2. The average Bonchev–Trinajstić information content (AvgIpc) is 2.32. The Bertz CT molecular complexity index is 405. The van der Waals surface area contributed by atoms with Crippen LogP contribution in [-0.4, -0.2) is 25.2 Å². The zero-order valence-corrected chi connectivity index (χ0v) is 9.32. The first-order valence-corrected chi connectivity index (χ1v) is 4.45. The maximum Gasteiger partial charge on any atom is 0.276 e. The van der Waals surface area contributed by atoms with Gasteiger partial charge in [0.25, 0.3) is 11.8 Å². The van der Waals surface area contributed by atoms with E-state index in [2.05, 4.69) is 43.2 Å². The van der Waals surface area contributed by atoms with Crippen LogP contribution in [0.5, 0.6) is 0 Å². The number of rotatable bonds is 5. The van der Waals surface area contributed by atoms with Gasteiger partial charge in [0.2, 0.25) is 0 Å². The number of nitrogens with zero attached hydrogens (tertiary/aromatic N) is 2. The zero-order chi connectivity index (χ0) is 12.9. The number of hydrogen-bond donors (Lipinski definition) is 0. The van der Waals surface area contributed by atoms with Crippen molar-refractivity contribution >= 4 is 25.2 Å². The van der Waals surface area contributed by atoms with E-state index in [1.54, 1.807) is 6.92 Å². The molecule has 0 aliphatic heterocycles. The summed E-state index contributed by atoms with van der Waals surface area (Å²) in [6.07, 6.45) is 0. The predicted molar refractivity (Wildman–Crippen MR) is 65.7 cm³/mol. The van der Waals surface area contributed by atoms with Crippen LogP contribution < -0.4 is 0 Å². The first kappa shape index (κ1) is 13.9. The third-order valence-electron chi connectivity index (χ3n) is 2.20. The standard InChI is InChI=1S/C12H14N2O2/c1-7(9(3)11(15)13-5)8(2)10(4)12(16)14-6/h10H,1-3,5-6H2,4H3. The van der Waals surface area contributed by atoms with Crippen molar-refractivity contribution in [3.05, 3.63) is 36.5 Å². The molecule has 0 aromatic rings. The lowest BCUT2D eigenvalue weighted by Crippen LogP contribution is -2.13. The molecule has 0 rings (SSSR count). The summed E-state index contributed by atoms with van der Waals surface area (Å²) in [5.74, 6) is -1.60. The van der Waals surface area contributed by atoms with Gasteiger partial charge < -0.3 is 0 Å². The second-order valence-electron chi connectivity index (χ2n) is 3.16. The summed E-state index contributed by atoms with van der Waals surface area (Å²) in [7, 11) is 0. The molecule has 0 saturated carbocycles. The number of aliphatic imine (C=N–C) groups is 2. The summed E-state index contributed by atoms with van der Waals surface area (Å²) in [5, 5.41) is 0. The van der Waals surface area contributed by atoms with Gasteiger partial charge in [-0.15, -0.1) is 0 Å². The topological polar surface area (TPSA) is 58.9 Å². The third kappa shape index (κ3) is 2.95. The Morgan fingerprint density at radius 1 is 1.00 bits per heavy atom. The Kier molecular flexibility index (Phi) is 4.95. The van der Waals surface area contributed by atoms with Crippen molar-refractivity contribution in [3.63, 3.8) is 0 Å². The highest BCUT2D eigenvalue weighted by Crippen LogP contribution is 2.23. The monoisotopic (exact) mass is 218 g/mol. The molecular weight excluding hydrogens is 204 g/mol. The quantitative estimate of drug-likeness (QED) is 0.401. The van der Waals surface area contributed by atoms with Crippen LogP contribution in [0.4, 0.5) is 0 Å². The molecule has 0 fully saturated rings. The van der Waals surface area contributed by atoms with Crippen LogP contribution in [0.2, 0.25) is 0 Å². The van der Waals surface area contributed by atoms with Gasteiger partial charge in [0, 0.05) is 5.57 Å². The predicted octanol–water partition coefficient (Wildman–Crippen LogP) is 1.75. The fourth-order valence-electron chi connectivity index (χ4n) is 0.966. The van der Waals surface area contributed by atoms with Crippen molar-refractivity contribution in [1.29, 1.82) is 0 Å². The normalized spacial score (nSPS) is 11.1. The van der Waals surface area contributed by atoms with Gasteiger partial charge in [-0.05, 0) is 31.5 Å². The second kappa shape index (κ2) is 5.70. The van der Waals surface area contributed by atoms with Crippen molar-refractivity contribution in [1.82, 2.24) is 0 Å². The molecular formula is C12H14N2O2. The van der Waals surface area contributed by atoms with Crippen molar-refractivity contribution < 1.29 is 9.59 Å². The van der Waals surface area contributed by atoms with E-state index < -0.39 is 17.7 Å². The molecule has 4 heteroatoms. The SMILES string of the molecule is C=NC(=O)C(=C)C(=C)C(=C)C(C)C(=O)N=C. The zero-order valence-electron chi connectivity index (χ0n) is 9.32. The first-order valence-electron chi connectivity index (χ1n) is 4.45. The molecule has 0 aromatic heterocycles. The fourth-order valence-corrected chi connectivity index (χ4v) is 0.966. The fraction of sp³-hybridized carbons (Fsp3) is 0.167. The summed E-state index contributed by atoms with van der Waals surface area (Å²) in [5.41, 5.74) is 0.727. The molecule has 0 heterocycles. The van der Waals surface area contributed by atoms with Crippen LogP contribution in [0.15, 0.2) is 46.4 Å². The number of hydrogen-bond acceptors (Lipinski definition) is 2. The third-order valence-corrected chi connectivity index (χ3v) is 2.20. The second-order valence-corrected chi connectivity index (χ2v) is 3.16. The smallest absolute Gasteiger partial charge is 0.272 e. The van der Waals surface area contributed by atoms with Crippen molar-refractivity contribution in [2.24, 2.45) is 15.9 Å². The maximum atomic E-state index is 11.2. The Hall–Kier alpha value is -2.10. The minimum atomic E-state index is -0.586. The van der Waals surface area contributed by atoms with E-state index >= 15 is 0 Å². The maximum absolute atomic E-state index is 11.2. The van der Waals surface area contributed by atoms with Gasteiger partial charge in [0.05, 0.1) is 5.92 Å². The van der Waals surface area contributed by atoms with E-state index in [0.29, 0.717) is 5.57 Å². The van der Waals surface area contributed by atoms with Crippen LogP contribution in [0.3, 0.4) is 0 Å². The molecule has 4 nitrogen and oxygen atoms in total. The molecule has 0 N–H and O–H groups in total. The molecule has 1 unspecified atom stereocenters. The Morgan fingerprint density at radius 3 is 1.88 bits per heavy atom. The largest absolute Gasteiger partial charge is 0.276 e. The first-order chi connectivity index (χ1) is 7.36. The van der Waals surface area contributed by atoms with Gasteiger partial charge in [-0.1, -0.05) is 19.7 Å². The van der Waals surface area contributed by atoms with Gasteiger partial charge >= 0.3 is 0 Å². The molecule has 0 aromatic carbocycles. The molecule has 1 atom stereocenters. The van der Waals surface area contributed by atoms with Crippen LogP contribution in [0, 0.1) is 5.92 Å². The molecule has 0 saturated heterocycles. The summed E-state index contributed by atoms with van der Waals surface area (Å²) >= 11 is 0.